The van der Waals surface area contributed by atoms with E-state index in [1.54, 1.807) is 18.2 Å². The van der Waals surface area contributed by atoms with Crippen molar-refractivity contribution in [3.63, 3.8) is 0 Å². The Kier molecular flexibility index (Phi) is 4.51. The van der Waals surface area contributed by atoms with Crippen molar-refractivity contribution in [2.45, 2.75) is 19.4 Å². The zero-order chi connectivity index (χ0) is 13.1. The lowest BCUT2D eigenvalue weighted by Crippen LogP contribution is -2.43. The number of carbonyl (C=O) groups is 1. The third-order valence-electron chi connectivity index (χ3n) is 2.27. The number of amides is 1. The molecule has 4 nitrogen and oxygen atoms in total. The van der Waals surface area contributed by atoms with Crippen LogP contribution in [-0.2, 0) is 0 Å². The van der Waals surface area contributed by atoms with Gasteiger partial charge in [0.1, 0.15) is 5.60 Å². The molecule has 3 N–H and O–H groups in total. The first-order valence-electron chi connectivity index (χ1n) is 5.23. The largest absolute Gasteiger partial charge is 0.393 e. The Balaban J connectivity index is 2.70. The van der Waals surface area contributed by atoms with Crippen LogP contribution in [-0.4, -0.2) is 34.9 Å². The van der Waals surface area contributed by atoms with Gasteiger partial charge < -0.3 is 15.5 Å². The summed E-state index contributed by atoms with van der Waals surface area (Å²) in [5, 5.41) is 21.4. The van der Waals surface area contributed by atoms with Crippen molar-refractivity contribution in [3.8, 4) is 0 Å². The van der Waals surface area contributed by atoms with E-state index >= 15 is 0 Å². The molecule has 0 aliphatic rings. The highest BCUT2D eigenvalue weighted by Gasteiger charge is 2.20. The van der Waals surface area contributed by atoms with Crippen molar-refractivity contribution in [3.05, 3.63) is 34.3 Å². The average molecular weight is 258 g/mol. The van der Waals surface area contributed by atoms with Crippen molar-refractivity contribution < 1.29 is 15.0 Å². The van der Waals surface area contributed by atoms with Gasteiger partial charge in [0, 0.05) is 17.1 Å². The van der Waals surface area contributed by atoms with E-state index in [9.17, 15) is 9.90 Å². The first-order chi connectivity index (χ1) is 7.84. The summed E-state index contributed by atoms with van der Waals surface area (Å²) in [6.45, 7) is 2.85. The summed E-state index contributed by atoms with van der Waals surface area (Å²) in [4.78, 5) is 11.7. The molecule has 1 unspecified atom stereocenters. The first kappa shape index (κ1) is 14.0. The van der Waals surface area contributed by atoms with Gasteiger partial charge in [-0.2, -0.15) is 0 Å². The summed E-state index contributed by atoms with van der Waals surface area (Å²) < 4.78 is 0. The third-order valence-corrected chi connectivity index (χ3v) is 2.49. The van der Waals surface area contributed by atoms with Gasteiger partial charge in [0.25, 0.3) is 5.91 Å². The van der Waals surface area contributed by atoms with Gasteiger partial charge in [-0.15, -0.1) is 0 Å². The van der Waals surface area contributed by atoms with E-state index < -0.39 is 12.2 Å². The van der Waals surface area contributed by atoms with E-state index in [1.807, 2.05) is 6.92 Å². The number of hydrogen-bond donors (Lipinski definition) is 3. The Bertz CT molecular complexity index is 398. The number of hydrogen-bond acceptors (Lipinski definition) is 3. The molecule has 17 heavy (non-hydrogen) atoms. The number of rotatable bonds is 4. The van der Waals surface area contributed by atoms with Gasteiger partial charge in [0.2, 0.25) is 0 Å². The van der Waals surface area contributed by atoms with Gasteiger partial charge in [-0.05, 0) is 37.6 Å². The standard InChI is InChI=1S/C12H16ClNO3/c1-8-3-9(5-10(13)4-8)11(16)14-6-12(2,17)7-15/h3-5,15,17H,6-7H2,1-2H3,(H,14,16). The molecule has 0 heterocycles. The van der Waals surface area contributed by atoms with Crippen LogP contribution in [0.1, 0.15) is 22.8 Å². The van der Waals surface area contributed by atoms with Gasteiger partial charge in [0.15, 0.2) is 0 Å². The molecule has 0 saturated carbocycles. The second-order valence-corrected chi connectivity index (χ2v) is 4.79. The highest BCUT2D eigenvalue weighted by Crippen LogP contribution is 2.14. The van der Waals surface area contributed by atoms with Gasteiger partial charge in [0.05, 0.1) is 6.61 Å². The Morgan fingerprint density at radius 3 is 2.65 bits per heavy atom. The van der Waals surface area contributed by atoms with E-state index in [-0.39, 0.29) is 12.5 Å². The highest BCUT2D eigenvalue weighted by atomic mass is 35.5. The summed E-state index contributed by atoms with van der Waals surface area (Å²) in [5.41, 5.74) is 0.00354. The average Bonchev–Trinajstić information content (AvgIpc) is 2.24. The van der Waals surface area contributed by atoms with Gasteiger partial charge in [-0.25, -0.2) is 0 Å². The second-order valence-electron chi connectivity index (χ2n) is 4.35. The number of aliphatic hydroxyl groups is 2. The molecule has 0 bridgehead atoms. The SMILES string of the molecule is Cc1cc(Cl)cc(C(=O)NCC(C)(O)CO)c1. The highest BCUT2D eigenvalue weighted by molar-refractivity contribution is 6.31. The van der Waals surface area contributed by atoms with E-state index in [1.165, 1.54) is 6.92 Å². The third kappa shape index (κ3) is 4.34. The number of nitrogens with one attached hydrogen (secondary N) is 1. The fourth-order valence-corrected chi connectivity index (χ4v) is 1.59. The summed E-state index contributed by atoms with van der Waals surface area (Å²) in [5.74, 6) is -0.329. The van der Waals surface area contributed by atoms with Crippen molar-refractivity contribution >= 4 is 17.5 Å². The molecule has 1 aromatic rings. The van der Waals surface area contributed by atoms with Crippen LogP contribution in [0, 0.1) is 6.92 Å². The van der Waals surface area contributed by atoms with Gasteiger partial charge in [-0.1, -0.05) is 11.6 Å². The fraction of sp³-hybridized carbons (Fsp3) is 0.417. The molecule has 0 spiro atoms. The Morgan fingerprint density at radius 2 is 2.12 bits per heavy atom. The van der Waals surface area contributed by atoms with Crippen molar-refractivity contribution in [2.24, 2.45) is 0 Å². The lowest BCUT2D eigenvalue weighted by atomic mass is 10.1. The Morgan fingerprint density at radius 1 is 1.47 bits per heavy atom. The van der Waals surface area contributed by atoms with Crippen LogP contribution in [0.25, 0.3) is 0 Å². The number of carbonyl (C=O) groups excluding carboxylic acids is 1. The molecule has 0 aromatic heterocycles. The zero-order valence-electron chi connectivity index (χ0n) is 9.83. The predicted molar refractivity (Wildman–Crippen MR) is 66.2 cm³/mol. The number of aryl methyl sites for hydroxylation is 1. The second kappa shape index (κ2) is 5.49. The normalized spacial score (nSPS) is 14.2. The predicted octanol–water partition coefficient (Wildman–Crippen LogP) is 1.12. The molecular weight excluding hydrogens is 242 g/mol. The first-order valence-corrected chi connectivity index (χ1v) is 5.60. The smallest absolute Gasteiger partial charge is 0.251 e. The van der Waals surface area contributed by atoms with E-state index in [2.05, 4.69) is 5.32 Å². The lowest BCUT2D eigenvalue weighted by Gasteiger charge is -2.20. The van der Waals surface area contributed by atoms with Crippen LogP contribution < -0.4 is 5.32 Å². The molecule has 94 valence electrons. The number of aliphatic hydroxyl groups excluding tert-OH is 1. The minimum absolute atomic E-state index is 0.0199. The summed E-state index contributed by atoms with van der Waals surface area (Å²) in [7, 11) is 0. The summed E-state index contributed by atoms with van der Waals surface area (Å²) in [6.07, 6.45) is 0. The maximum absolute atomic E-state index is 11.7. The van der Waals surface area contributed by atoms with Gasteiger partial charge in [-0.3, -0.25) is 4.79 Å². The van der Waals surface area contributed by atoms with Crippen LogP contribution in [0.3, 0.4) is 0 Å². The number of benzene rings is 1. The Hall–Kier alpha value is -1.10. The minimum Gasteiger partial charge on any atom is -0.393 e. The molecule has 1 atom stereocenters. The van der Waals surface area contributed by atoms with Crippen LogP contribution in [0.15, 0.2) is 18.2 Å². The van der Waals surface area contributed by atoms with E-state index in [4.69, 9.17) is 16.7 Å². The van der Waals surface area contributed by atoms with Crippen LogP contribution in [0.4, 0.5) is 0 Å². The fourth-order valence-electron chi connectivity index (χ4n) is 1.30. The Labute approximate surface area is 105 Å². The van der Waals surface area contributed by atoms with Crippen molar-refractivity contribution in [2.75, 3.05) is 13.2 Å². The molecule has 0 fully saturated rings. The number of halogens is 1. The molecule has 1 amide bonds. The van der Waals surface area contributed by atoms with E-state index in [0.717, 1.165) is 5.56 Å². The molecule has 0 aliphatic carbocycles. The maximum atomic E-state index is 11.7. The van der Waals surface area contributed by atoms with Crippen LogP contribution in [0.5, 0.6) is 0 Å². The topological polar surface area (TPSA) is 69.6 Å². The molecule has 1 rings (SSSR count). The molecule has 5 heteroatoms. The van der Waals surface area contributed by atoms with Crippen molar-refractivity contribution in [1.29, 1.82) is 0 Å². The minimum atomic E-state index is -1.32. The molecule has 0 radical (unpaired) electrons. The van der Waals surface area contributed by atoms with Crippen LogP contribution in [0.2, 0.25) is 5.02 Å². The monoisotopic (exact) mass is 257 g/mol. The summed E-state index contributed by atoms with van der Waals surface area (Å²) in [6, 6.07) is 5.01. The van der Waals surface area contributed by atoms with E-state index in [0.29, 0.717) is 10.6 Å². The maximum Gasteiger partial charge on any atom is 0.251 e. The van der Waals surface area contributed by atoms with Crippen LogP contribution >= 0.6 is 11.6 Å². The molecule has 1 aromatic carbocycles. The zero-order valence-corrected chi connectivity index (χ0v) is 10.6. The summed E-state index contributed by atoms with van der Waals surface area (Å²) >= 11 is 5.84. The van der Waals surface area contributed by atoms with Gasteiger partial charge >= 0.3 is 0 Å². The lowest BCUT2D eigenvalue weighted by molar-refractivity contribution is 0.00320. The van der Waals surface area contributed by atoms with Crippen molar-refractivity contribution in [1.82, 2.24) is 5.32 Å². The molecule has 0 aliphatic heterocycles. The molecule has 0 saturated heterocycles. The quantitative estimate of drug-likeness (QED) is 0.757. The molecular formula is C12H16ClNO3.